The van der Waals surface area contributed by atoms with Crippen LogP contribution in [0, 0.1) is 0 Å². The van der Waals surface area contributed by atoms with Gasteiger partial charge in [-0.3, -0.25) is 4.79 Å². The maximum absolute atomic E-state index is 12.0. The number of likely N-dealkylation sites (N-methyl/N-ethyl adjacent to an activating group) is 1. The van der Waals surface area contributed by atoms with Crippen LogP contribution in [0.15, 0.2) is 0 Å². The Morgan fingerprint density at radius 3 is 2.47 bits per heavy atom. The smallest absolute Gasteiger partial charge is 0.424 e. The van der Waals surface area contributed by atoms with E-state index in [2.05, 4.69) is 4.74 Å². The van der Waals surface area contributed by atoms with Gasteiger partial charge in [-0.15, -0.1) is 0 Å². The van der Waals surface area contributed by atoms with Gasteiger partial charge in [-0.1, -0.05) is 0 Å². The molecule has 19 heavy (non-hydrogen) atoms. The topological polar surface area (TPSA) is 93.2 Å². The van der Waals surface area contributed by atoms with Crippen LogP contribution in [-0.4, -0.2) is 61.4 Å². The van der Waals surface area contributed by atoms with Crippen LogP contribution in [-0.2, 0) is 24.5 Å². The summed E-state index contributed by atoms with van der Waals surface area (Å²) in [6.07, 6.45) is -0.934. The minimum Gasteiger partial charge on any atom is -0.459 e. The van der Waals surface area contributed by atoms with Crippen molar-refractivity contribution >= 4 is 22.3 Å². The third kappa shape index (κ3) is 4.06. The predicted octanol–water partition coefficient (Wildman–Crippen LogP) is -0.0431. The van der Waals surface area contributed by atoms with Crippen LogP contribution in [0.1, 0.15) is 20.8 Å². The fourth-order valence-electron chi connectivity index (χ4n) is 1.39. The fourth-order valence-corrected chi connectivity index (χ4v) is 2.55. The van der Waals surface area contributed by atoms with E-state index < -0.39 is 34.4 Å². The van der Waals surface area contributed by atoms with Crippen molar-refractivity contribution in [1.29, 1.82) is 0 Å². The summed E-state index contributed by atoms with van der Waals surface area (Å²) >= 11 is 0. The van der Waals surface area contributed by atoms with Gasteiger partial charge in [-0.25, -0.2) is 4.79 Å². The summed E-state index contributed by atoms with van der Waals surface area (Å²) in [5.74, 6) is -0.689. The third-order valence-electron chi connectivity index (χ3n) is 2.17. The molecule has 1 fully saturated rings. The number of rotatable bonds is 4. The van der Waals surface area contributed by atoms with E-state index in [0.29, 0.717) is 4.31 Å². The van der Waals surface area contributed by atoms with Crippen molar-refractivity contribution in [2.75, 3.05) is 26.7 Å². The van der Waals surface area contributed by atoms with Crippen LogP contribution in [0.2, 0.25) is 0 Å². The lowest BCUT2D eigenvalue weighted by Gasteiger charge is -2.24. The van der Waals surface area contributed by atoms with Gasteiger partial charge in [-0.05, 0) is 20.8 Å². The molecule has 0 unspecified atom stereocenters. The van der Waals surface area contributed by atoms with E-state index in [1.54, 1.807) is 20.8 Å². The molecule has 0 aromatic heterocycles. The van der Waals surface area contributed by atoms with Crippen LogP contribution in [0.3, 0.4) is 0 Å². The highest BCUT2D eigenvalue weighted by Crippen LogP contribution is 2.14. The van der Waals surface area contributed by atoms with E-state index in [0.717, 1.165) is 4.31 Å². The zero-order valence-electron chi connectivity index (χ0n) is 11.4. The van der Waals surface area contributed by atoms with Crippen LogP contribution < -0.4 is 0 Å². The van der Waals surface area contributed by atoms with Gasteiger partial charge in [0.2, 0.25) is 0 Å². The molecule has 0 saturated carbocycles. The van der Waals surface area contributed by atoms with Crippen molar-refractivity contribution in [3.05, 3.63) is 0 Å². The number of carbonyl (C=O) groups excluding carboxylic acids is 2. The fraction of sp³-hybridized carbons (Fsp3) is 0.800. The number of esters is 1. The Kier molecular flexibility index (Phi) is 4.41. The van der Waals surface area contributed by atoms with Crippen molar-refractivity contribution < 1.29 is 27.5 Å². The van der Waals surface area contributed by atoms with Gasteiger partial charge in [0.15, 0.2) is 0 Å². The molecule has 0 N–H and O–H groups in total. The second kappa shape index (κ2) is 5.33. The normalized spacial score (nSPS) is 16.7. The van der Waals surface area contributed by atoms with Gasteiger partial charge in [-0.2, -0.15) is 17.0 Å². The Balaban J connectivity index is 2.69. The maximum Gasteiger partial charge on any atom is 0.424 e. The SMILES string of the molecule is CN(CC(=O)OC(C)(C)C)S(=O)(=O)N1CCOC1=O. The van der Waals surface area contributed by atoms with Crippen molar-refractivity contribution in [3.63, 3.8) is 0 Å². The summed E-state index contributed by atoms with van der Waals surface area (Å²) in [4.78, 5) is 22.8. The Bertz CT molecular complexity index is 467. The standard InChI is InChI=1S/C10H18N2O6S/c1-10(2,3)18-8(13)7-11(4)19(15,16)12-5-6-17-9(12)14/h5-7H2,1-4H3. The van der Waals surface area contributed by atoms with Gasteiger partial charge in [0, 0.05) is 7.05 Å². The molecule has 9 heteroatoms. The molecule has 1 heterocycles. The van der Waals surface area contributed by atoms with Gasteiger partial charge in [0.1, 0.15) is 18.8 Å². The molecule has 110 valence electrons. The molecule has 1 aliphatic heterocycles. The van der Waals surface area contributed by atoms with Crippen LogP contribution in [0.5, 0.6) is 0 Å². The molecule has 0 spiro atoms. The number of hydrogen-bond acceptors (Lipinski definition) is 6. The van der Waals surface area contributed by atoms with E-state index in [1.165, 1.54) is 7.05 Å². The third-order valence-corrected chi connectivity index (χ3v) is 3.97. The highest BCUT2D eigenvalue weighted by atomic mass is 32.2. The quantitative estimate of drug-likeness (QED) is 0.675. The van der Waals surface area contributed by atoms with Crippen LogP contribution in [0.25, 0.3) is 0 Å². The van der Waals surface area contributed by atoms with Crippen molar-refractivity contribution in [2.45, 2.75) is 26.4 Å². The lowest BCUT2D eigenvalue weighted by molar-refractivity contribution is -0.154. The largest absolute Gasteiger partial charge is 0.459 e. The number of amides is 1. The van der Waals surface area contributed by atoms with E-state index >= 15 is 0 Å². The van der Waals surface area contributed by atoms with Crippen LogP contribution in [0.4, 0.5) is 4.79 Å². The van der Waals surface area contributed by atoms with Crippen molar-refractivity contribution in [3.8, 4) is 0 Å². The molecular weight excluding hydrogens is 276 g/mol. The number of nitrogens with zero attached hydrogens (tertiary/aromatic N) is 2. The lowest BCUT2D eigenvalue weighted by atomic mass is 10.2. The van der Waals surface area contributed by atoms with E-state index in [1.807, 2.05) is 0 Å². The Morgan fingerprint density at radius 2 is 2.05 bits per heavy atom. The monoisotopic (exact) mass is 294 g/mol. The molecule has 0 bridgehead atoms. The Labute approximate surface area is 112 Å². The summed E-state index contributed by atoms with van der Waals surface area (Å²) < 4.78 is 34.9. The minimum absolute atomic E-state index is 0.0122. The zero-order chi connectivity index (χ0) is 14.8. The summed E-state index contributed by atoms with van der Waals surface area (Å²) in [7, 11) is -2.85. The average molecular weight is 294 g/mol. The summed E-state index contributed by atoms with van der Waals surface area (Å²) in [5.41, 5.74) is -0.700. The Hall–Kier alpha value is -1.35. The van der Waals surface area contributed by atoms with Crippen molar-refractivity contribution in [2.24, 2.45) is 0 Å². The van der Waals surface area contributed by atoms with Crippen LogP contribution >= 0.6 is 0 Å². The molecule has 8 nitrogen and oxygen atoms in total. The summed E-state index contributed by atoms with van der Waals surface area (Å²) in [6, 6.07) is 0. The molecule has 1 rings (SSSR count). The van der Waals surface area contributed by atoms with E-state index in [4.69, 9.17) is 4.74 Å². The first-order valence-electron chi connectivity index (χ1n) is 5.66. The Morgan fingerprint density at radius 1 is 1.47 bits per heavy atom. The first kappa shape index (κ1) is 15.7. The first-order valence-corrected chi connectivity index (χ1v) is 7.06. The number of carbonyl (C=O) groups is 2. The molecule has 0 aromatic rings. The first-order chi connectivity index (χ1) is 8.54. The molecule has 0 radical (unpaired) electrons. The second-order valence-corrected chi connectivity index (χ2v) is 7.00. The van der Waals surface area contributed by atoms with Gasteiger partial charge < -0.3 is 9.47 Å². The molecule has 1 aliphatic rings. The summed E-state index contributed by atoms with van der Waals surface area (Å²) in [5, 5.41) is 0. The maximum atomic E-state index is 12.0. The highest BCUT2D eigenvalue weighted by molar-refractivity contribution is 7.87. The highest BCUT2D eigenvalue weighted by Gasteiger charge is 2.37. The second-order valence-electron chi connectivity index (χ2n) is 5.04. The van der Waals surface area contributed by atoms with Gasteiger partial charge in [0.05, 0.1) is 6.54 Å². The van der Waals surface area contributed by atoms with Gasteiger partial charge >= 0.3 is 22.3 Å². The van der Waals surface area contributed by atoms with E-state index in [-0.39, 0.29) is 13.2 Å². The van der Waals surface area contributed by atoms with E-state index in [9.17, 15) is 18.0 Å². The molecule has 0 atom stereocenters. The van der Waals surface area contributed by atoms with Crippen molar-refractivity contribution in [1.82, 2.24) is 8.61 Å². The number of ether oxygens (including phenoxy) is 2. The average Bonchev–Trinajstić information content (AvgIpc) is 2.61. The number of cyclic esters (lactones) is 1. The lowest BCUT2D eigenvalue weighted by Crippen LogP contribution is -2.45. The molecule has 1 saturated heterocycles. The molecular formula is C10H18N2O6S. The van der Waals surface area contributed by atoms with Gasteiger partial charge in [0.25, 0.3) is 0 Å². The predicted molar refractivity (Wildman–Crippen MR) is 65.4 cm³/mol. The molecule has 0 aliphatic carbocycles. The summed E-state index contributed by atoms with van der Waals surface area (Å²) in [6.45, 7) is 4.52. The molecule has 0 aromatic carbocycles. The number of hydrogen-bond donors (Lipinski definition) is 0. The minimum atomic E-state index is -4.05. The zero-order valence-corrected chi connectivity index (χ0v) is 12.2. The molecule has 1 amide bonds.